The average molecular weight is 136 g/mol. The summed E-state index contributed by atoms with van der Waals surface area (Å²) < 4.78 is 0. The third-order valence-corrected chi connectivity index (χ3v) is 1.65. The first-order valence-electron chi connectivity index (χ1n) is 3.34. The van der Waals surface area contributed by atoms with Crippen molar-refractivity contribution < 1.29 is 5.11 Å². The van der Waals surface area contributed by atoms with E-state index in [1.807, 2.05) is 26.0 Å². The monoisotopic (exact) mass is 136 g/mol. The van der Waals surface area contributed by atoms with Gasteiger partial charge in [0.25, 0.3) is 0 Å². The molecular weight excluding hydrogens is 124 g/mol. The molecule has 0 amide bonds. The average Bonchev–Trinajstić information content (AvgIpc) is 1.82. The highest BCUT2D eigenvalue weighted by atomic mass is 16.3. The van der Waals surface area contributed by atoms with E-state index in [4.69, 9.17) is 0 Å². The molecule has 1 unspecified atom stereocenters. The van der Waals surface area contributed by atoms with Crippen molar-refractivity contribution in [2.45, 2.75) is 20.0 Å². The Labute approximate surface area is 61.4 Å². The summed E-state index contributed by atoms with van der Waals surface area (Å²) >= 11 is 0. The number of hydrogen-bond donors (Lipinski definition) is 1. The molecule has 10 heavy (non-hydrogen) atoms. The van der Waals surface area contributed by atoms with Crippen molar-refractivity contribution in [2.24, 2.45) is 0 Å². The molecule has 54 valence electrons. The molecule has 0 aromatic carbocycles. The fourth-order valence-electron chi connectivity index (χ4n) is 1.14. The highest BCUT2D eigenvalue weighted by Crippen LogP contribution is 2.20. The van der Waals surface area contributed by atoms with Crippen LogP contribution in [0.5, 0.6) is 0 Å². The van der Waals surface area contributed by atoms with Gasteiger partial charge in [-0.2, -0.15) is 0 Å². The SMILES string of the molecule is C=C1C=C(C)C=C(C)C1O. The zero-order valence-corrected chi connectivity index (χ0v) is 6.39. The Morgan fingerprint density at radius 3 is 2.50 bits per heavy atom. The Bertz CT molecular complexity index is 221. The molecule has 0 aliphatic heterocycles. The summed E-state index contributed by atoms with van der Waals surface area (Å²) in [4.78, 5) is 0. The topological polar surface area (TPSA) is 20.2 Å². The van der Waals surface area contributed by atoms with Gasteiger partial charge in [-0.25, -0.2) is 0 Å². The number of rotatable bonds is 0. The molecule has 0 heterocycles. The Morgan fingerprint density at radius 2 is 2.00 bits per heavy atom. The van der Waals surface area contributed by atoms with Crippen LogP contribution < -0.4 is 0 Å². The first-order chi connectivity index (χ1) is 4.61. The molecule has 1 N–H and O–H groups in total. The molecule has 1 nitrogen and oxygen atoms in total. The second-order valence-electron chi connectivity index (χ2n) is 2.75. The minimum atomic E-state index is -0.455. The molecule has 1 atom stereocenters. The third kappa shape index (κ3) is 1.19. The minimum Gasteiger partial charge on any atom is -0.384 e. The highest BCUT2D eigenvalue weighted by molar-refractivity contribution is 5.41. The van der Waals surface area contributed by atoms with Crippen LogP contribution in [-0.4, -0.2) is 11.2 Å². The van der Waals surface area contributed by atoms with Crippen LogP contribution in [0.4, 0.5) is 0 Å². The second-order valence-corrected chi connectivity index (χ2v) is 2.75. The van der Waals surface area contributed by atoms with Crippen LogP contribution in [0.15, 0.2) is 35.5 Å². The molecule has 0 aromatic rings. The van der Waals surface area contributed by atoms with Gasteiger partial charge >= 0.3 is 0 Å². The zero-order valence-electron chi connectivity index (χ0n) is 6.39. The van der Waals surface area contributed by atoms with Gasteiger partial charge in [-0.1, -0.05) is 24.3 Å². The van der Waals surface area contributed by atoms with Crippen molar-refractivity contribution >= 4 is 0 Å². The van der Waals surface area contributed by atoms with E-state index in [-0.39, 0.29) is 0 Å². The summed E-state index contributed by atoms with van der Waals surface area (Å²) in [5.74, 6) is 0. The molecule has 1 heteroatoms. The predicted molar refractivity (Wildman–Crippen MR) is 42.7 cm³/mol. The fourth-order valence-corrected chi connectivity index (χ4v) is 1.14. The summed E-state index contributed by atoms with van der Waals surface area (Å²) in [6, 6.07) is 0. The van der Waals surface area contributed by atoms with Crippen LogP contribution in [-0.2, 0) is 0 Å². The predicted octanol–water partition coefficient (Wildman–Crippen LogP) is 1.81. The Kier molecular flexibility index (Phi) is 1.77. The van der Waals surface area contributed by atoms with E-state index in [9.17, 15) is 5.11 Å². The van der Waals surface area contributed by atoms with Crippen molar-refractivity contribution in [2.75, 3.05) is 0 Å². The summed E-state index contributed by atoms with van der Waals surface area (Å²) in [6.45, 7) is 7.64. The first kappa shape index (κ1) is 7.29. The van der Waals surface area contributed by atoms with Crippen molar-refractivity contribution in [1.29, 1.82) is 0 Å². The molecule has 0 bridgehead atoms. The maximum atomic E-state index is 9.35. The van der Waals surface area contributed by atoms with Gasteiger partial charge in [-0.3, -0.25) is 0 Å². The van der Waals surface area contributed by atoms with Crippen LogP contribution in [0, 0.1) is 0 Å². The lowest BCUT2D eigenvalue weighted by molar-refractivity contribution is 0.249. The van der Waals surface area contributed by atoms with Gasteiger partial charge in [0.1, 0.15) is 0 Å². The van der Waals surface area contributed by atoms with E-state index in [1.165, 1.54) is 0 Å². The molecular formula is C9H12O. The van der Waals surface area contributed by atoms with Crippen LogP contribution in [0.1, 0.15) is 13.8 Å². The normalized spacial score (nSPS) is 25.9. The van der Waals surface area contributed by atoms with E-state index in [2.05, 4.69) is 6.58 Å². The fraction of sp³-hybridized carbons (Fsp3) is 0.333. The van der Waals surface area contributed by atoms with E-state index in [0.29, 0.717) is 0 Å². The van der Waals surface area contributed by atoms with E-state index < -0.39 is 6.10 Å². The van der Waals surface area contributed by atoms with Gasteiger partial charge in [0.2, 0.25) is 0 Å². The van der Waals surface area contributed by atoms with Gasteiger partial charge in [0.05, 0.1) is 6.10 Å². The number of hydrogen-bond acceptors (Lipinski definition) is 1. The molecule has 0 fully saturated rings. The lowest BCUT2D eigenvalue weighted by atomic mass is 9.95. The quantitative estimate of drug-likeness (QED) is 0.538. The maximum absolute atomic E-state index is 9.35. The van der Waals surface area contributed by atoms with Crippen LogP contribution in [0.25, 0.3) is 0 Å². The van der Waals surface area contributed by atoms with E-state index >= 15 is 0 Å². The first-order valence-corrected chi connectivity index (χ1v) is 3.34. The van der Waals surface area contributed by atoms with Crippen molar-refractivity contribution in [3.63, 3.8) is 0 Å². The Morgan fingerprint density at radius 1 is 1.40 bits per heavy atom. The lowest BCUT2D eigenvalue weighted by Gasteiger charge is -2.16. The number of allylic oxidation sites excluding steroid dienone is 2. The Balaban J connectivity index is 2.95. The smallest absolute Gasteiger partial charge is 0.0995 e. The lowest BCUT2D eigenvalue weighted by Crippen LogP contribution is -2.12. The van der Waals surface area contributed by atoms with E-state index in [0.717, 1.165) is 16.7 Å². The van der Waals surface area contributed by atoms with Crippen LogP contribution >= 0.6 is 0 Å². The summed E-state index contributed by atoms with van der Waals surface area (Å²) in [5, 5.41) is 9.35. The molecule has 0 radical (unpaired) electrons. The van der Waals surface area contributed by atoms with E-state index in [1.54, 1.807) is 0 Å². The minimum absolute atomic E-state index is 0.455. The molecule has 0 spiro atoms. The van der Waals surface area contributed by atoms with Gasteiger partial charge in [-0.15, -0.1) is 0 Å². The number of aliphatic hydroxyl groups excluding tert-OH is 1. The van der Waals surface area contributed by atoms with Gasteiger partial charge in [-0.05, 0) is 25.0 Å². The molecule has 1 rings (SSSR count). The van der Waals surface area contributed by atoms with Crippen LogP contribution in [0.3, 0.4) is 0 Å². The zero-order chi connectivity index (χ0) is 7.72. The molecule has 0 saturated carbocycles. The molecule has 0 aromatic heterocycles. The van der Waals surface area contributed by atoms with Crippen molar-refractivity contribution in [3.05, 3.63) is 35.5 Å². The standard InChI is InChI=1S/C9H12O/c1-6-4-7(2)9(10)8(3)5-6/h4-5,9-10H,2H2,1,3H3. The molecule has 1 aliphatic rings. The second kappa shape index (κ2) is 2.43. The van der Waals surface area contributed by atoms with Gasteiger partial charge in [0.15, 0.2) is 0 Å². The number of aliphatic hydroxyl groups is 1. The van der Waals surface area contributed by atoms with Gasteiger partial charge in [0, 0.05) is 0 Å². The Hall–Kier alpha value is -0.820. The van der Waals surface area contributed by atoms with Gasteiger partial charge < -0.3 is 5.11 Å². The summed E-state index contributed by atoms with van der Waals surface area (Å²) in [7, 11) is 0. The molecule has 0 saturated heterocycles. The highest BCUT2D eigenvalue weighted by Gasteiger charge is 2.12. The third-order valence-electron chi connectivity index (χ3n) is 1.65. The summed E-state index contributed by atoms with van der Waals surface area (Å²) in [5.41, 5.74) is 2.93. The maximum Gasteiger partial charge on any atom is 0.0995 e. The van der Waals surface area contributed by atoms with Crippen molar-refractivity contribution in [1.82, 2.24) is 0 Å². The largest absolute Gasteiger partial charge is 0.384 e. The van der Waals surface area contributed by atoms with Crippen LogP contribution in [0.2, 0.25) is 0 Å². The van der Waals surface area contributed by atoms with Crippen molar-refractivity contribution in [3.8, 4) is 0 Å². The molecule has 1 aliphatic carbocycles. The summed E-state index contributed by atoms with van der Waals surface area (Å²) in [6.07, 6.45) is 3.42.